The molecule has 2 aromatic heterocycles. The molecule has 14 heavy (non-hydrogen) atoms. The Balaban J connectivity index is 2.29. The average Bonchev–Trinajstić information content (AvgIpc) is 2.74. The van der Waals surface area contributed by atoms with Crippen molar-refractivity contribution in [2.24, 2.45) is 7.05 Å². The lowest BCUT2D eigenvalue weighted by molar-refractivity contribution is 0.277. The van der Waals surface area contributed by atoms with Crippen molar-refractivity contribution < 1.29 is 9.63 Å². The molecule has 5 heteroatoms. The maximum atomic E-state index is 8.71. The minimum absolute atomic E-state index is 0.0695. The van der Waals surface area contributed by atoms with Crippen LogP contribution in [0.4, 0.5) is 0 Å². The number of hydrogen-bond acceptors (Lipinski definition) is 4. The molecular weight excluding hydrogens is 182 g/mol. The highest BCUT2D eigenvalue weighted by Gasteiger charge is 2.08. The third kappa shape index (κ3) is 1.54. The molecule has 0 saturated heterocycles. The van der Waals surface area contributed by atoms with Crippen molar-refractivity contribution in [3.8, 4) is 11.4 Å². The summed E-state index contributed by atoms with van der Waals surface area (Å²) in [6.07, 6.45) is 3.92. The van der Waals surface area contributed by atoms with Crippen molar-refractivity contribution in [1.82, 2.24) is 14.7 Å². The van der Waals surface area contributed by atoms with Gasteiger partial charge in [-0.3, -0.25) is 0 Å². The average molecular weight is 193 g/mol. The summed E-state index contributed by atoms with van der Waals surface area (Å²) in [5.74, 6) is 0.684. The second-order valence-electron chi connectivity index (χ2n) is 3.04. The molecular formula is C9H11N3O2. The van der Waals surface area contributed by atoms with E-state index in [1.54, 1.807) is 12.5 Å². The molecule has 0 atom stereocenters. The summed E-state index contributed by atoms with van der Waals surface area (Å²) in [6.45, 7) is 0.0695. The molecule has 0 amide bonds. The molecule has 1 N–H and O–H groups in total. The highest BCUT2D eigenvalue weighted by molar-refractivity contribution is 5.53. The topological polar surface area (TPSA) is 64.1 Å². The van der Waals surface area contributed by atoms with E-state index in [0.717, 1.165) is 11.4 Å². The minimum atomic E-state index is 0.0695. The number of nitrogens with zero attached hydrogens (tertiary/aromatic N) is 3. The highest BCUT2D eigenvalue weighted by Crippen LogP contribution is 2.17. The summed E-state index contributed by atoms with van der Waals surface area (Å²) in [6, 6.07) is 1.81. The van der Waals surface area contributed by atoms with Crippen LogP contribution in [-0.2, 0) is 13.5 Å². The minimum Gasteiger partial charge on any atom is -0.396 e. The lowest BCUT2D eigenvalue weighted by Gasteiger charge is -1.93. The van der Waals surface area contributed by atoms with E-state index in [1.807, 2.05) is 17.7 Å². The van der Waals surface area contributed by atoms with Gasteiger partial charge in [-0.15, -0.1) is 0 Å². The maximum absolute atomic E-state index is 8.71. The molecule has 0 fully saturated rings. The van der Waals surface area contributed by atoms with Crippen LogP contribution in [0.25, 0.3) is 11.4 Å². The number of aromatic nitrogens is 3. The quantitative estimate of drug-likeness (QED) is 0.775. The van der Waals surface area contributed by atoms with Gasteiger partial charge in [0, 0.05) is 19.5 Å². The van der Waals surface area contributed by atoms with Gasteiger partial charge >= 0.3 is 0 Å². The van der Waals surface area contributed by atoms with E-state index in [0.29, 0.717) is 12.2 Å². The normalized spacial score (nSPS) is 10.7. The second-order valence-corrected chi connectivity index (χ2v) is 3.04. The van der Waals surface area contributed by atoms with Crippen LogP contribution in [0.1, 0.15) is 5.76 Å². The lowest BCUT2D eigenvalue weighted by atomic mass is 10.2. The van der Waals surface area contributed by atoms with Crippen LogP contribution in [0.2, 0.25) is 0 Å². The van der Waals surface area contributed by atoms with Gasteiger partial charge in [0.25, 0.3) is 0 Å². The Morgan fingerprint density at radius 2 is 2.43 bits per heavy atom. The molecule has 0 aromatic carbocycles. The molecule has 0 saturated carbocycles. The number of rotatable bonds is 3. The smallest absolute Gasteiger partial charge is 0.139 e. The van der Waals surface area contributed by atoms with Crippen LogP contribution < -0.4 is 0 Å². The first-order valence-electron chi connectivity index (χ1n) is 4.34. The van der Waals surface area contributed by atoms with Gasteiger partial charge in [-0.2, -0.15) is 0 Å². The molecule has 0 spiro atoms. The lowest BCUT2D eigenvalue weighted by Crippen LogP contribution is -1.89. The maximum Gasteiger partial charge on any atom is 0.139 e. The number of imidazole rings is 1. The predicted molar refractivity (Wildman–Crippen MR) is 49.5 cm³/mol. The molecule has 0 aliphatic rings. The van der Waals surface area contributed by atoms with Crippen molar-refractivity contribution in [3.05, 3.63) is 24.4 Å². The van der Waals surface area contributed by atoms with Crippen LogP contribution in [0, 0.1) is 0 Å². The Bertz CT molecular complexity index is 419. The fourth-order valence-electron chi connectivity index (χ4n) is 1.27. The zero-order valence-corrected chi connectivity index (χ0v) is 7.84. The first-order chi connectivity index (χ1) is 6.81. The van der Waals surface area contributed by atoms with E-state index < -0.39 is 0 Å². The summed E-state index contributed by atoms with van der Waals surface area (Å²) < 4.78 is 6.89. The number of aryl methyl sites for hydroxylation is 1. The third-order valence-corrected chi connectivity index (χ3v) is 2.00. The van der Waals surface area contributed by atoms with Crippen molar-refractivity contribution in [1.29, 1.82) is 0 Å². The Hall–Kier alpha value is -1.62. The van der Waals surface area contributed by atoms with Crippen molar-refractivity contribution in [2.45, 2.75) is 6.42 Å². The SMILES string of the molecule is Cn1cncc1-c1cc(CCO)on1. The van der Waals surface area contributed by atoms with Crippen LogP contribution in [0.3, 0.4) is 0 Å². The first kappa shape index (κ1) is 8.96. The van der Waals surface area contributed by atoms with Gasteiger partial charge in [0.05, 0.1) is 24.8 Å². The third-order valence-electron chi connectivity index (χ3n) is 2.00. The monoisotopic (exact) mass is 193 g/mol. The molecule has 5 nitrogen and oxygen atoms in total. The number of aliphatic hydroxyl groups is 1. The summed E-state index contributed by atoms with van der Waals surface area (Å²) >= 11 is 0. The zero-order chi connectivity index (χ0) is 9.97. The Labute approximate surface area is 81.0 Å². The van der Waals surface area contributed by atoms with Crippen LogP contribution in [0.5, 0.6) is 0 Å². The highest BCUT2D eigenvalue weighted by atomic mass is 16.5. The first-order valence-corrected chi connectivity index (χ1v) is 4.34. The molecule has 0 aliphatic carbocycles. The van der Waals surface area contributed by atoms with Gasteiger partial charge < -0.3 is 14.2 Å². The van der Waals surface area contributed by atoms with Crippen LogP contribution in [0.15, 0.2) is 23.1 Å². The van der Waals surface area contributed by atoms with Crippen molar-refractivity contribution in [2.75, 3.05) is 6.61 Å². The van der Waals surface area contributed by atoms with Crippen LogP contribution in [-0.4, -0.2) is 26.4 Å². The predicted octanol–water partition coefficient (Wildman–Crippen LogP) is 0.610. The van der Waals surface area contributed by atoms with E-state index in [1.165, 1.54) is 0 Å². The van der Waals surface area contributed by atoms with E-state index in [2.05, 4.69) is 10.1 Å². The summed E-state index contributed by atoms with van der Waals surface area (Å²) in [4.78, 5) is 3.99. The zero-order valence-electron chi connectivity index (χ0n) is 7.84. The van der Waals surface area contributed by atoms with Crippen molar-refractivity contribution >= 4 is 0 Å². The fourth-order valence-corrected chi connectivity index (χ4v) is 1.27. The van der Waals surface area contributed by atoms with Gasteiger partial charge in [0.15, 0.2) is 0 Å². The van der Waals surface area contributed by atoms with Gasteiger partial charge in [0.2, 0.25) is 0 Å². The van der Waals surface area contributed by atoms with E-state index in [4.69, 9.17) is 9.63 Å². The van der Waals surface area contributed by atoms with E-state index >= 15 is 0 Å². The molecule has 2 aromatic rings. The van der Waals surface area contributed by atoms with Crippen molar-refractivity contribution in [3.63, 3.8) is 0 Å². The van der Waals surface area contributed by atoms with Crippen LogP contribution >= 0.6 is 0 Å². The van der Waals surface area contributed by atoms with E-state index in [9.17, 15) is 0 Å². The molecule has 0 aliphatic heterocycles. The molecule has 2 heterocycles. The van der Waals surface area contributed by atoms with Gasteiger partial charge in [-0.05, 0) is 0 Å². The Morgan fingerprint density at radius 3 is 3.07 bits per heavy atom. The van der Waals surface area contributed by atoms with Gasteiger partial charge in [-0.1, -0.05) is 5.16 Å². The van der Waals surface area contributed by atoms with Gasteiger partial charge in [0.1, 0.15) is 11.5 Å². The number of aliphatic hydroxyl groups excluding tert-OH is 1. The fraction of sp³-hybridized carbons (Fsp3) is 0.333. The molecule has 74 valence electrons. The summed E-state index contributed by atoms with van der Waals surface area (Å²) in [5, 5.41) is 12.6. The summed E-state index contributed by atoms with van der Waals surface area (Å²) in [5.41, 5.74) is 1.64. The Morgan fingerprint density at radius 1 is 1.57 bits per heavy atom. The van der Waals surface area contributed by atoms with Gasteiger partial charge in [-0.25, -0.2) is 4.98 Å². The largest absolute Gasteiger partial charge is 0.396 e. The standard InChI is InChI=1S/C9H11N3O2/c1-12-6-10-5-9(12)8-4-7(2-3-13)14-11-8/h4-6,13H,2-3H2,1H3. The Kier molecular flexibility index (Phi) is 2.32. The number of hydrogen-bond donors (Lipinski definition) is 1. The molecule has 0 radical (unpaired) electrons. The summed E-state index contributed by atoms with van der Waals surface area (Å²) in [7, 11) is 1.89. The molecule has 0 bridgehead atoms. The molecule has 2 rings (SSSR count). The van der Waals surface area contributed by atoms with E-state index in [-0.39, 0.29) is 6.61 Å². The molecule has 0 unspecified atom stereocenters. The second kappa shape index (κ2) is 3.63.